The van der Waals surface area contributed by atoms with Crippen LogP contribution in [0.2, 0.25) is 5.02 Å². The highest BCUT2D eigenvalue weighted by Gasteiger charge is 2.19. The molecular weight excluding hydrogens is 376 g/mol. The van der Waals surface area contributed by atoms with Gasteiger partial charge in [-0.3, -0.25) is 0 Å². The average Bonchev–Trinajstić information content (AvgIpc) is 3.40. The predicted octanol–water partition coefficient (Wildman–Crippen LogP) is 5.10. The fourth-order valence-electron chi connectivity index (χ4n) is 3.72. The van der Waals surface area contributed by atoms with Gasteiger partial charge in [-0.2, -0.15) is 0 Å². The number of aromatic hydroxyl groups is 1. The van der Waals surface area contributed by atoms with Crippen molar-refractivity contribution in [3.63, 3.8) is 0 Å². The first-order chi connectivity index (χ1) is 13.7. The monoisotopic (exact) mass is 394 g/mol. The molecule has 3 heterocycles. The lowest BCUT2D eigenvalue weighted by Crippen LogP contribution is -2.19. The molecule has 1 fully saturated rings. The van der Waals surface area contributed by atoms with Crippen molar-refractivity contribution >= 4 is 17.4 Å². The van der Waals surface area contributed by atoms with Crippen LogP contribution in [-0.4, -0.2) is 30.0 Å². The van der Waals surface area contributed by atoms with Gasteiger partial charge in [0.15, 0.2) is 11.5 Å². The van der Waals surface area contributed by atoms with Gasteiger partial charge in [-0.15, -0.1) is 0 Å². The number of rotatable bonds is 3. The van der Waals surface area contributed by atoms with Crippen LogP contribution in [0.15, 0.2) is 48.5 Å². The Kier molecular flexibility index (Phi) is 4.24. The molecule has 142 valence electrons. The Labute approximate surface area is 168 Å². The number of halogens is 1. The van der Waals surface area contributed by atoms with Gasteiger partial charge in [0.05, 0.1) is 5.69 Å². The molecule has 0 aliphatic carbocycles. The Hall–Kier alpha value is -2.92. The number of aromatic nitrogens is 1. The number of anilines is 1. The van der Waals surface area contributed by atoms with Gasteiger partial charge in [0, 0.05) is 23.7 Å². The second-order valence-electron chi connectivity index (χ2n) is 7.02. The highest BCUT2D eigenvalue weighted by Crippen LogP contribution is 2.39. The largest absolute Gasteiger partial charge is 0.507 e. The first kappa shape index (κ1) is 17.2. The van der Waals surface area contributed by atoms with Crippen molar-refractivity contribution in [3.05, 3.63) is 53.6 Å². The summed E-state index contributed by atoms with van der Waals surface area (Å²) in [6.07, 6.45) is 2.32. The van der Waals surface area contributed by atoms with Crippen molar-refractivity contribution in [2.24, 2.45) is 0 Å². The first-order valence-corrected chi connectivity index (χ1v) is 9.71. The smallest absolute Gasteiger partial charge is 0.231 e. The topological polar surface area (TPSA) is 54.8 Å². The van der Waals surface area contributed by atoms with E-state index in [-0.39, 0.29) is 12.5 Å². The molecule has 1 N–H and O–H groups in total. The van der Waals surface area contributed by atoms with Crippen LogP contribution < -0.4 is 14.4 Å². The number of ether oxygens (including phenoxy) is 2. The number of hydrogen-bond acceptors (Lipinski definition) is 5. The summed E-state index contributed by atoms with van der Waals surface area (Å²) in [5.74, 6) is 2.56. The lowest BCUT2D eigenvalue weighted by Gasteiger charge is -2.19. The summed E-state index contributed by atoms with van der Waals surface area (Å²) in [7, 11) is 0. The van der Waals surface area contributed by atoms with Crippen LogP contribution in [0, 0.1) is 0 Å². The number of nitrogens with zero attached hydrogens (tertiary/aromatic N) is 2. The van der Waals surface area contributed by atoms with E-state index in [1.165, 1.54) is 0 Å². The number of hydrogen-bond donors (Lipinski definition) is 1. The molecule has 2 aliphatic heterocycles. The maximum Gasteiger partial charge on any atom is 0.231 e. The van der Waals surface area contributed by atoms with Crippen LogP contribution in [0.1, 0.15) is 12.8 Å². The summed E-state index contributed by atoms with van der Waals surface area (Å²) in [5, 5.41) is 10.9. The maximum atomic E-state index is 10.4. The number of phenols is 1. The Morgan fingerprint density at radius 2 is 1.71 bits per heavy atom. The standard InChI is InChI=1S/C22H19ClN2O3/c23-16-4-5-19(26)17(12-16)18-9-15(11-22(24-18)25-7-1-2-8-25)14-3-6-20-21(10-14)28-13-27-20/h3-6,9-12,26H,1-2,7-8,13H2. The van der Waals surface area contributed by atoms with E-state index in [0.717, 1.165) is 54.4 Å². The van der Waals surface area contributed by atoms with Crippen molar-refractivity contribution in [1.29, 1.82) is 0 Å². The fourth-order valence-corrected chi connectivity index (χ4v) is 3.89. The van der Waals surface area contributed by atoms with Crippen molar-refractivity contribution in [2.45, 2.75) is 12.8 Å². The normalized spacial score (nSPS) is 15.2. The molecule has 0 saturated carbocycles. The maximum absolute atomic E-state index is 10.4. The number of benzene rings is 2. The average molecular weight is 395 g/mol. The van der Waals surface area contributed by atoms with Gasteiger partial charge >= 0.3 is 0 Å². The molecule has 0 spiro atoms. The highest BCUT2D eigenvalue weighted by molar-refractivity contribution is 6.31. The zero-order chi connectivity index (χ0) is 19.1. The molecule has 28 heavy (non-hydrogen) atoms. The molecule has 1 aromatic heterocycles. The van der Waals surface area contributed by atoms with E-state index in [1.54, 1.807) is 18.2 Å². The molecule has 0 radical (unpaired) electrons. The van der Waals surface area contributed by atoms with Gasteiger partial charge in [-0.1, -0.05) is 17.7 Å². The third kappa shape index (κ3) is 3.12. The van der Waals surface area contributed by atoms with E-state index in [9.17, 15) is 5.11 Å². The zero-order valence-corrected chi connectivity index (χ0v) is 15.9. The second kappa shape index (κ2) is 6.91. The van der Waals surface area contributed by atoms with Crippen LogP contribution in [0.3, 0.4) is 0 Å². The number of pyridine rings is 1. The van der Waals surface area contributed by atoms with Crippen molar-refractivity contribution < 1.29 is 14.6 Å². The van der Waals surface area contributed by atoms with E-state index in [2.05, 4.69) is 11.0 Å². The molecule has 3 aromatic rings. The van der Waals surface area contributed by atoms with Gasteiger partial charge < -0.3 is 19.5 Å². The molecule has 0 atom stereocenters. The van der Waals surface area contributed by atoms with Crippen LogP contribution in [0.5, 0.6) is 17.2 Å². The van der Waals surface area contributed by atoms with E-state index < -0.39 is 0 Å². The molecule has 6 heteroatoms. The third-order valence-corrected chi connectivity index (χ3v) is 5.42. The third-order valence-electron chi connectivity index (χ3n) is 5.18. The minimum absolute atomic E-state index is 0.159. The summed E-state index contributed by atoms with van der Waals surface area (Å²) in [5.41, 5.74) is 3.33. The Morgan fingerprint density at radius 3 is 2.57 bits per heavy atom. The molecule has 5 nitrogen and oxygen atoms in total. The number of fused-ring (bicyclic) bond motifs is 1. The summed E-state index contributed by atoms with van der Waals surface area (Å²) in [6.45, 7) is 2.22. The van der Waals surface area contributed by atoms with E-state index in [1.807, 2.05) is 24.3 Å². The van der Waals surface area contributed by atoms with Gasteiger partial charge in [-0.05, 0) is 66.4 Å². The van der Waals surface area contributed by atoms with Crippen molar-refractivity contribution in [3.8, 4) is 39.6 Å². The summed E-state index contributed by atoms with van der Waals surface area (Å²) < 4.78 is 11.0. The molecule has 2 aliphatic rings. The van der Waals surface area contributed by atoms with Gasteiger partial charge in [0.1, 0.15) is 11.6 Å². The fraction of sp³-hybridized carbons (Fsp3) is 0.227. The quantitative estimate of drug-likeness (QED) is 0.669. The summed E-state index contributed by atoms with van der Waals surface area (Å²) in [6, 6.07) is 15.0. The molecular formula is C22H19ClN2O3. The van der Waals surface area contributed by atoms with Crippen molar-refractivity contribution in [2.75, 3.05) is 24.8 Å². The lowest BCUT2D eigenvalue weighted by molar-refractivity contribution is 0.174. The van der Waals surface area contributed by atoms with Crippen LogP contribution in [-0.2, 0) is 0 Å². The summed E-state index contributed by atoms with van der Waals surface area (Å²) >= 11 is 6.17. The summed E-state index contributed by atoms with van der Waals surface area (Å²) in [4.78, 5) is 7.12. The predicted molar refractivity (Wildman–Crippen MR) is 109 cm³/mol. The molecule has 0 bridgehead atoms. The lowest BCUT2D eigenvalue weighted by atomic mass is 10.0. The molecule has 2 aromatic carbocycles. The Morgan fingerprint density at radius 1 is 0.893 bits per heavy atom. The van der Waals surface area contributed by atoms with Crippen LogP contribution in [0.25, 0.3) is 22.4 Å². The minimum Gasteiger partial charge on any atom is -0.507 e. The van der Waals surface area contributed by atoms with Gasteiger partial charge in [-0.25, -0.2) is 4.98 Å². The highest BCUT2D eigenvalue weighted by atomic mass is 35.5. The van der Waals surface area contributed by atoms with Crippen LogP contribution >= 0.6 is 11.6 Å². The second-order valence-corrected chi connectivity index (χ2v) is 7.46. The Bertz CT molecular complexity index is 1050. The molecule has 5 rings (SSSR count). The SMILES string of the molecule is Oc1ccc(Cl)cc1-c1cc(-c2ccc3c(c2)OCO3)cc(N2CCCC2)n1. The Balaban J connectivity index is 1.66. The molecule has 0 amide bonds. The van der Waals surface area contributed by atoms with E-state index in [0.29, 0.717) is 16.3 Å². The first-order valence-electron chi connectivity index (χ1n) is 9.33. The van der Waals surface area contributed by atoms with Crippen molar-refractivity contribution in [1.82, 2.24) is 4.98 Å². The van der Waals surface area contributed by atoms with Gasteiger partial charge in [0.2, 0.25) is 6.79 Å². The number of phenolic OH excluding ortho intramolecular Hbond substituents is 1. The van der Waals surface area contributed by atoms with E-state index >= 15 is 0 Å². The van der Waals surface area contributed by atoms with Crippen LogP contribution in [0.4, 0.5) is 5.82 Å². The zero-order valence-electron chi connectivity index (χ0n) is 15.2. The van der Waals surface area contributed by atoms with E-state index in [4.69, 9.17) is 26.1 Å². The molecule has 0 unspecified atom stereocenters. The molecule has 1 saturated heterocycles. The minimum atomic E-state index is 0.159. The van der Waals surface area contributed by atoms with Gasteiger partial charge in [0.25, 0.3) is 0 Å².